The number of ether oxygens (including phenoxy) is 3. The normalized spacial score (nSPS) is 12.4. The van der Waals surface area contributed by atoms with Crippen molar-refractivity contribution in [1.82, 2.24) is 0 Å². The lowest BCUT2D eigenvalue weighted by Crippen LogP contribution is -2.25. The van der Waals surface area contributed by atoms with Crippen LogP contribution in [0.5, 0.6) is 0 Å². The molecule has 0 aliphatic carbocycles. The van der Waals surface area contributed by atoms with Crippen LogP contribution in [-0.4, -0.2) is 45.1 Å². The molecule has 2 unspecified atom stereocenters. The number of esters is 1. The van der Waals surface area contributed by atoms with Gasteiger partial charge in [-0.05, 0) is 13.3 Å². The van der Waals surface area contributed by atoms with Crippen LogP contribution in [0.3, 0.4) is 0 Å². The lowest BCUT2D eigenvalue weighted by Gasteiger charge is -2.13. The molecule has 0 aromatic rings. The molecule has 0 aliphatic rings. The van der Waals surface area contributed by atoms with Gasteiger partial charge >= 0.3 is 5.97 Å². The highest BCUT2D eigenvalue weighted by molar-refractivity contribution is 7.09. The second-order valence-electron chi connectivity index (χ2n) is 3.74. The highest BCUT2D eigenvalue weighted by atomic mass is 31.0. The van der Waals surface area contributed by atoms with Crippen molar-refractivity contribution >= 4 is 15.4 Å². The third kappa shape index (κ3) is 9.77. The summed E-state index contributed by atoms with van der Waals surface area (Å²) in [5.41, 5.74) is 0. The molecule has 0 aliphatic heterocycles. The minimum Gasteiger partial charge on any atom is -0.461 e. The van der Waals surface area contributed by atoms with E-state index < -0.39 is 6.10 Å². The Morgan fingerprint density at radius 3 is 2.39 bits per heavy atom. The lowest BCUT2D eigenvalue weighted by atomic mass is 10.2. The van der Waals surface area contributed by atoms with Gasteiger partial charge in [-0.1, -0.05) is 19.8 Å². The first-order valence-corrected chi connectivity index (χ1v) is 6.91. The van der Waals surface area contributed by atoms with E-state index in [9.17, 15) is 4.79 Å². The van der Waals surface area contributed by atoms with Crippen molar-refractivity contribution in [3.05, 3.63) is 0 Å². The van der Waals surface area contributed by atoms with Crippen molar-refractivity contribution in [2.45, 2.75) is 39.2 Å². The van der Waals surface area contributed by atoms with E-state index in [-0.39, 0.29) is 12.6 Å². The number of hydrogen-bond donors (Lipinski definition) is 0. The summed E-state index contributed by atoms with van der Waals surface area (Å²) in [5, 5.41) is 0. The van der Waals surface area contributed by atoms with Crippen LogP contribution in [0.1, 0.15) is 33.1 Å². The summed E-state index contributed by atoms with van der Waals surface area (Å²) < 4.78 is 20.4. The second kappa shape index (κ2) is 13.2. The molecule has 0 spiro atoms. The van der Waals surface area contributed by atoms with Crippen molar-refractivity contribution in [2.75, 3.05) is 33.0 Å². The van der Waals surface area contributed by atoms with Gasteiger partial charge in [-0.25, -0.2) is 4.79 Å². The summed E-state index contributed by atoms with van der Waals surface area (Å²) in [4.78, 5) is 11.6. The van der Waals surface area contributed by atoms with E-state index in [1.807, 2.05) is 6.92 Å². The Morgan fingerprint density at radius 2 is 1.78 bits per heavy atom. The summed E-state index contributed by atoms with van der Waals surface area (Å²) in [6, 6.07) is 0. The van der Waals surface area contributed by atoms with Crippen molar-refractivity contribution in [2.24, 2.45) is 0 Å². The molecule has 18 heavy (non-hydrogen) atoms. The summed E-state index contributed by atoms with van der Waals surface area (Å²) >= 11 is 0. The van der Waals surface area contributed by atoms with E-state index in [1.54, 1.807) is 0 Å². The Bertz CT molecular complexity index is 201. The van der Waals surface area contributed by atoms with E-state index >= 15 is 0 Å². The Kier molecular flexibility index (Phi) is 13.1. The number of rotatable bonds is 12. The van der Waals surface area contributed by atoms with Gasteiger partial charge in [-0.3, -0.25) is 0 Å². The first-order chi connectivity index (χ1) is 8.76. The zero-order chi connectivity index (χ0) is 13.6. The average Bonchev–Trinajstić information content (AvgIpc) is 2.38. The molecule has 0 N–H and O–H groups in total. The Morgan fingerprint density at radius 1 is 1.11 bits per heavy atom. The largest absolute Gasteiger partial charge is 0.461 e. The summed E-state index contributed by atoms with van der Waals surface area (Å²) in [6.45, 7) is 6.40. The second-order valence-corrected chi connectivity index (χ2v) is 4.02. The summed E-state index contributed by atoms with van der Waals surface area (Å²) in [5.74, 6) is -0.327. The van der Waals surface area contributed by atoms with Crippen LogP contribution >= 0.6 is 9.47 Å². The van der Waals surface area contributed by atoms with Gasteiger partial charge < -0.3 is 18.7 Å². The van der Waals surface area contributed by atoms with Crippen LogP contribution in [0, 0.1) is 0 Å². The smallest absolute Gasteiger partial charge is 0.335 e. The molecule has 0 heterocycles. The Hall–Kier alpha value is -0.220. The molecule has 0 fully saturated rings. The van der Waals surface area contributed by atoms with Gasteiger partial charge in [0.1, 0.15) is 6.61 Å². The fraction of sp³-hybridized carbons (Fsp3) is 0.917. The predicted molar refractivity (Wildman–Crippen MR) is 72.4 cm³/mol. The van der Waals surface area contributed by atoms with Crippen molar-refractivity contribution < 1.29 is 23.5 Å². The van der Waals surface area contributed by atoms with Gasteiger partial charge in [0, 0.05) is 16.1 Å². The van der Waals surface area contributed by atoms with Crippen LogP contribution in [0.25, 0.3) is 0 Å². The van der Waals surface area contributed by atoms with Gasteiger partial charge in [0.2, 0.25) is 0 Å². The van der Waals surface area contributed by atoms with Crippen LogP contribution in [0.4, 0.5) is 0 Å². The number of carbonyl (C=O) groups excluding carboxylic acids is 1. The van der Waals surface area contributed by atoms with Gasteiger partial charge in [0.25, 0.3) is 0 Å². The van der Waals surface area contributed by atoms with Gasteiger partial charge in [0.15, 0.2) is 6.10 Å². The van der Waals surface area contributed by atoms with E-state index in [1.165, 1.54) is 0 Å². The molecular weight excluding hydrogens is 255 g/mol. The van der Waals surface area contributed by atoms with Crippen LogP contribution < -0.4 is 0 Å². The van der Waals surface area contributed by atoms with Gasteiger partial charge in [-0.2, -0.15) is 0 Å². The number of carbonyl (C=O) groups is 1. The maximum absolute atomic E-state index is 11.6. The summed E-state index contributed by atoms with van der Waals surface area (Å²) in [6.07, 6.45) is 2.17. The first-order valence-electron chi connectivity index (χ1n) is 6.43. The monoisotopic (exact) mass is 280 g/mol. The van der Waals surface area contributed by atoms with E-state index in [0.717, 1.165) is 12.8 Å². The highest BCUT2D eigenvalue weighted by Crippen LogP contribution is 2.09. The maximum atomic E-state index is 11.6. The molecule has 6 heteroatoms. The number of hydrogen-bond acceptors (Lipinski definition) is 5. The SMILES string of the molecule is CCCCC(OP)C(=O)OCCOCCOCC. The quantitative estimate of drug-likeness (QED) is 0.311. The maximum Gasteiger partial charge on any atom is 0.335 e. The molecule has 108 valence electrons. The summed E-state index contributed by atoms with van der Waals surface area (Å²) in [7, 11) is 2.12. The zero-order valence-corrected chi connectivity index (χ0v) is 12.5. The van der Waals surface area contributed by atoms with Crippen molar-refractivity contribution in [3.8, 4) is 0 Å². The molecule has 0 radical (unpaired) electrons. The molecule has 0 aromatic heterocycles. The van der Waals surface area contributed by atoms with Gasteiger partial charge in [-0.15, -0.1) is 0 Å². The number of unbranched alkanes of at least 4 members (excludes halogenated alkanes) is 1. The predicted octanol–water partition coefficient (Wildman–Crippen LogP) is 1.95. The highest BCUT2D eigenvalue weighted by Gasteiger charge is 2.18. The molecule has 0 saturated heterocycles. The molecule has 0 rings (SSSR count). The average molecular weight is 280 g/mol. The van der Waals surface area contributed by atoms with Crippen LogP contribution in [0.15, 0.2) is 0 Å². The molecule has 5 nitrogen and oxygen atoms in total. The van der Waals surface area contributed by atoms with Crippen molar-refractivity contribution in [3.63, 3.8) is 0 Å². The molecule has 0 aromatic carbocycles. The van der Waals surface area contributed by atoms with Crippen LogP contribution in [0.2, 0.25) is 0 Å². The third-order valence-corrected chi connectivity index (χ3v) is 2.62. The van der Waals surface area contributed by atoms with Crippen molar-refractivity contribution in [1.29, 1.82) is 0 Å². The molecular formula is C12H25O5P. The molecule has 2 atom stereocenters. The van der Waals surface area contributed by atoms with E-state index in [4.69, 9.17) is 18.7 Å². The minimum absolute atomic E-state index is 0.252. The lowest BCUT2D eigenvalue weighted by molar-refractivity contribution is -0.153. The fourth-order valence-electron chi connectivity index (χ4n) is 1.29. The van der Waals surface area contributed by atoms with E-state index in [0.29, 0.717) is 32.8 Å². The first kappa shape index (κ1) is 17.8. The third-order valence-electron chi connectivity index (χ3n) is 2.30. The molecule has 0 bridgehead atoms. The van der Waals surface area contributed by atoms with E-state index in [2.05, 4.69) is 16.4 Å². The fourth-order valence-corrected chi connectivity index (χ4v) is 1.54. The molecule has 0 amide bonds. The zero-order valence-electron chi connectivity index (χ0n) is 11.4. The topological polar surface area (TPSA) is 54.0 Å². The Labute approximate surface area is 112 Å². The van der Waals surface area contributed by atoms with Crippen LogP contribution in [-0.2, 0) is 23.5 Å². The standard InChI is InChI=1S/C12H25O5P/c1-3-5-6-11(17-18)12(13)16-10-9-15-8-7-14-4-2/h11H,3-10,18H2,1-2H3. The minimum atomic E-state index is -0.488. The van der Waals surface area contributed by atoms with Gasteiger partial charge in [0.05, 0.1) is 19.8 Å². The Balaban J connectivity index is 3.49. The molecule has 0 saturated carbocycles.